The Morgan fingerprint density at radius 2 is 0.782 bits per heavy atom. The molecule has 5 heterocycles. The second-order valence-corrected chi connectivity index (χ2v) is 13.2. The maximum Gasteiger partial charge on any atom is 0.471 e. The van der Waals surface area contributed by atoms with Gasteiger partial charge in [-0.25, -0.2) is 0 Å². The number of nitrogens with one attached hydrogen (secondary N) is 5. The normalized spacial score (nSPS) is 12.9. The summed E-state index contributed by atoms with van der Waals surface area (Å²) in [6.07, 6.45) is -5.12. The van der Waals surface area contributed by atoms with Crippen LogP contribution in [0, 0.1) is 0 Å². The molecule has 5 N–H and O–H groups in total. The average molecular weight is 728 g/mol. The van der Waals surface area contributed by atoms with Crippen LogP contribution in [0.4, 0.5) is 18.9 Å². The number of halogens is 3. The molecule has 8 aromatic rings. The Kier molecular flexibility index (Phi) is 8.31. The van der Waals surface area contributed by atoms with E-state index in [9.17, 15) is 18.0 Å². The minimum Gasteiger partial charge on any atom is -0.354 e. The summed E-state index contributed by atoms with van der Waals surface area (Å²) in [6.45, 7) is 0. The Balaban J connectivity index is 1.47. The van der Waals surface area contributed by atoms with Crippen LogP contribution in [0.1, 0.15) is 45.0 Å². The molecule has 4 aromatic heterocycles. The zero-order chi connectivity index (χ0) is 37.5. The van der Waals surface area contributed by atoms with Crippen molar-refractivity contribution in [3.8, 4) is 0 Å². The fourth-order valence-corrected chi connectivity index (χ4v) is 7.36. The Bertz CT molecular complexity index is 2940. The number of carbonyl (C=O) groups excluding carboxylic acids is 1. The van der Waals surface area contributed by atoms with E-state index in [0.29, 0.717) is 27.5 Å². The lowest BCUT2D eigenvalue weighted by molar-refractivity contribution is -0.167. The van der Waals surface area contributed by atoms with Crippen molar-refractivity contribution in [1.82, 2.24) is 19.9 Å². The fraction of sp³-hybridized carbons (Fsp3) is 0.0217. The third-order valence-corrected chi connectivity index (χ3v) is 9.77. The number of carbonyl (C=O) groups is 1. The summed E-state index contributed by atoms with van der Waals surface area (Å²) in [7, 11) is 0. The molecule has 0 fully saturated rings. The van der Waals surface area contributed by atoms with Crippen molar-refractivity contribution in [2.24, 2.45) is 0 Å². The van der Waals surface area contributed by atoms with E-state index in [-0.39, 0.29) is 5.69 Å². The van der Waals surface area contributed by atoms with Gasteiger partial charge in [-0.1, -0.05) is 121 Å². The van der Waals surface area contributed by atoms with Gasteiger partial charge in [0.15, 0.2) is 0 Å². The summed E-state index contributed by atoms with van der Waals surface area (Å²) in [5.74, 6) is -2.07. The van der Waals surface area contributed by atoms with Gasteiger partial charge in [0.2, 0.25) is 0 Å². The number of benzene rings is 4. The number of anilines is 1. The molecular weight excluding hydrogens is 696 g/mol. The van der Waals surface area contributed by atoms with Gasteiger partial charge in [-0.05, 0) is 64.7 Å². The second-order valence-electron chi connectivity index (χ2n) is 13.2. The summed E-state index contributed by atoms with van der Waals surface area (Å²) in [4.78, 5) is 27.2. The molecule has 9 heteroatoms. The number of rotatable bonds is 5. The van der Waals surface area contributed by atoms with Crippen LogP contribution in [0.3, 0.4) is 0 Å². The first kappa shape index (κ1) is 33.6. The first-order valence-electron chi connectivity index (χ1n) is 17.7. The first-order valence-corrected chi connectivity index (χ1v) is 17.7. The summed E-state index contributed by atoms with van der Waals surface area (Å²) in [5, 5.41) is 4.76. The van der Waals surface area contributed by atoms with Crippen molar-refractivity contribution in [1.29, 1.82) is 0 Å². The van der Waals surface area contributed by atoms with Crippen molar-refractivity contribution >= 4 is 33.9 Å². The SMILES string of the molecule is O=C(Nc1cc2[nH]c1=C(c1ccccc1)c1ccc([nH]1)C(c1ccccc1)=c1ccc([nH]1)=C(c1ccccc1)c1ccc([nH]1)C=2c1ccccc1)C(F)(F)F. The van der Waals surface area contributed by atoms with Crippen LogP contribution >= 0.6 is 0 Å². The minimum absolute atomic E-state index is 0.0192. The van der Waals surface area contributed by atoms with Gasteiger partial charge in [0, 0.05) is 55.8 Å². The summed E-state index contributed by atoms with van der Waals surface area (Å²) >= 11 is 0. The standard InChI is InChI=1S/C46H32F3N5O/c47-46(48,49)45(55)54-39-27-38-42(30-17-9-3-10-18-30)36-24-23-34(51-36)40(28-13-5-1-6-14-28)32-21-22-33(50-32)41(29-15-7-2-8-16-29)35-25-26-37(52-35)43(44(39)53-38)31-19-11-4-12-20-31/h1-27,50-53H,(H,54,55). The smallest absolute Gasteiger partial charge is 0.354 e. The van der Waals surface area contributed by atoms with Crippen molar-refractivity contribution in [3.63, 3.8) is 0 Å². The van der Waals surface area contributed by atoms with Crippen LogP contribution in [0.2, 0.25) is 0 Å². The summed E-state index contributed by atoms with van der Waals surface area (Å²) in [5.41, 5.74) is 9.51. The molecule has 268 valence electrons. The Morgan fingerprint density at radius 1 is 0.418 bits per heavy atom. The third-order valence-electron chi connectivity index (χ3n) is 9.77. The number of aromatic nitrogens is 4. The summed E-state index contributed by atoms with van der Waals surface area (Å²) < 4.78 is 41.8. The van der Waals surface area contributed by atoms with Gasteiger partial charge >= 0.3 is 12.1 Å². The van der Waals surface area contributed by atoms with Crippen LogP contribution in [0.25, 0.3) is 22.3 Å². The number of amides is 1. The largest absolute Gasteiger partial charge is 0.471 e. The molecule has 4 aromatic carbocycles. The van der Waals surface area contributed by atoms with Gasteiger partial charge in [-0.3, -0.25) is 4.79 Å². The van der Waals surface area contributed by atoms with Gasteiger partial charge in [-0.2, -0.15) is 13.2 Å². The predicted molar refractivity (Wildman–Crippen MR) is 209 cm³/mol. The highest BCUT2D eigenvalue weighted by molar-refractivity contribution is 5.96. The number of H-pyrrole nitrogens is 4. The van der Waals surface area contributed by atoms with Crippen molar-refractivity contribution in [2.75, 3.05) is 5.32 Å². The van der Waals surface area contributed by atoms with E-state index in [2.05, 4.69) is 49.5 Å². The number of hydrogen-bond donors (Lipinski definition) is 5. The van der Waals surface area contributed by atoms with E-state index in [1.54, 1.807) is 6.07 Å². The van der Waals surface area contributed by atoms with Crippen molar-refractivity contribution in [3.05, 3.63) is 230 Å². The van der Waals surface area contributed by atoms with Crippen LogP contribution in [-0.4, -0.2) is 32.0 Å². The number of fused-ring (bicyclic) bond motifs is 8. The maximum absolute atomic E-state index is 13.9. The Hall–Kier alpha value is -7.26. The number of hydrogen-bond acceptors (Lipinski definition) is 1. The van der Waals surface area contributed by atoms with E-state index in [1.165, 1.54) is 0 Å². The molecule has 1 amide bonds. The van der Waals surface area contributed by atoms with Crippen molar-refractivity contribution < 1.29 is 18.0 Å². The summed E-state index contributed by atoms with van der Waals surface area (Å²) in [6, 6.07) is 52.7. The highest BCUT2D eigenvalue weighted by Gasteiger charge is 2.39. The predicted octanol–water partition coefficient (Wildman–Crippen LogP) is 6.80. The molecule has 9 rings (SSSR count). The van der Waals surface area contributed by atoms with E-state index < -0.39 is 12.1 Å². The fourth-order valence-electron chi connectivity index (χ4n) is 7.36. The van der Waals surface area contributed by atoms with E-state index in [4.69, 9.17) is 0 Å². The van der Waals surface area contributed by atoms with E-state index in [0.717, 1.165) is 61.2 Å². The van der Waals surface area contributed by atoms with Crippen LogP contribution in [-0.2, 0) is 4.79 Å². The van der Waals surface area contributed by atoms with E-state index in [1.807, 2.05) is 133 Å². The minimum atomic E-state index is -5.12. The Labute approximate surface area is 312 Å². The molecule has 0 saturated carbocycles. The molecular formula is C46H32F3N5O. The highest BCUT2D eigenvalue weighted by Crippen LogP contribution is 2.29. The topological polar surface area (TPSA) is 92.3 Å². The van der Waals surface area contributed by atoms with Gasteiger partial charge in [0.05, 0.1) is 16.4 Å². The second kappa shape index (κ2) is 13.6. The molecule has 1 aliphatic rings. The lowest BCUT2D eigenvalue weighted by Crippen LogP contribution is -2.32. The molecule has 8 bridgehead atoms. The number of alkyl halides is 3. The van der Waals surface area contributed by atoms with Crippen LogP contribution in [0.5, 0.6) is 0 Å². The molecule has 55 heavy (non-hydrogen) atoms. The third kappa shape index (κ3) is 6.31. The van der Waals surface area contributed by atoms with Crippen LogP contribution < -0.4 is 26.7 Å². The van der Waals surface area contributed by atoms with Gasteiger partial charge < -0.3 is 25.3 Å². The zero-order valence-corrected chi connectivity index (χ0v) is 29.1. The van der Waals surface area contributed by atoms with Crippen molar-refractivity contribution in [2.45, 2.75) is 6.18 Å². The molecule has 0 unspecified atom stereocenters. The zero-order valence-electron chi connectivity index (χ0n) is 29.1. The lowest BCUT2D eigenvalue weighted by Gasteiger charge is -2.11. The molecule has 0 atom stereocenters. The molecule has 0 radical (unpaired) electrons. The molecule has 0 spiro atoms. The van der Waals surface area contributed by atoms with E-state index >= 15 is 0 Å². The molecule has 0 saturated heterocycles. The average Bonchev–Trinajstić information content (AvgIpc) is 4.04. The molecule has 1 aliphatic heterocycles. The first-order chi connectivity index (χ1) is 26.8. The molecule has 6 nitrogen and oxygen atoms in total. The highest BCUT2D eigenvalue weighted by atomic mass is 19.4. The molecule has 0 aliphatic carbocycles. The van der Waals surface area contributed by atoms with Crippen LogP contribution in [0.15, 0.2) is 164 Å². The number of aromatic amines is 4. The Morgan fingerprint density at radius 3 is 1.18 bits per heavy atom. The van der Waals surface area contributed by atoms with Gasteiger partial charge in [0.1, 0.15) is 0 Å². The van der Waals surface area contributed by atoms with Gasteiger partial charge in [-0.15, -0.1) is 0 Å². The van der Waals surface area contributed by atoms with Gasteiger partial charge in [0.25, 0.3) is 0 Å². The quantitative estimate of drug-likeness (QED) is 0.133. The monoisotopic (exact) mass is 727 g/mol. The maximum atomic E-state index is 13.9. The lowest BCUT2D eigenvalue weighted by atomic mass is 10.0.